The lowest BCUT2D eigenvalue weighted by Gasteiger charge is -2.36. The highest BCUT2D eigenvalue weighted by atomic mass is 16.6. The van der Waals surface area contributed by atoms with Crippen molar-refractivity contribution in [1.82, 2.24) is 0 Å². The molecule has 0 saturated carbocycles. The van der Waals surface area contributed by atoms with Crippen LogP contribution >= 0.6 is 0 Å². The highest BCUT2D eigenvalue weighted by Crippen LogP contribution is 2.48. The van der Waals surface area contributed by atoms with Crippen LogP contribution in [0.2, 0.25) is 0 Å². The third-order valence-electron chi connectivity index (χ3n) is 7.73. The second kappa shape index (κ2) is 13.0. The molecule has 0 N–H and O–H groups in total. The fraction of sp³-hybridized carbons (Fsp3) is 0.324. The summed E-state index contributed by atoms with van der Waals surface area (Å²) in [6.07, 6.45) is 0.981. The van der Waals surface area contributed by atoms with Gasteiger partial charge in [-0.25, -0.2) is 0 Å². The van der Waals surface area contributed by atoms with Crippen molar-refractivity contribution in [3.8, 4) is 11.5 Å². The van der Waals surface area contributed by atoms with Gasteiger partial charge in [-0.05, 0) is 48.1 Å². The smallest absolute Gasteiger partial charge is 0.315 e. The number of ether oxygens (including phenoxy) is 4. The number of carbonyl (C=O) groups is 2. The number of aliphatic imine (C=N–C) groups is 1. The second-order valence-corrected chi connectivity index (χ2v) is 10.4. The van der Waals surface area contributed by atoms with E-state index in [0.717, 1.165) is 22.4 Å². The van der Waals surface area contributed by atoms with Crippen molar-refractivity contribution in [2.75, 3.05) is 27.4 Å². The first-order valence-corrected chi connectivity index (χ1v) is 13.9. The van der Waals surface area contributed by atoms with Gasteiger partial charge in [0.2, 0.25) is 0 Å². The maximum Gasteiger partial charge on any atom is 0.315 e. The molecule has 1 unspecified atom stereocenters. The summed E-state index contributed by atoms with van der Waals surface area (Å²) in [5.74, 6) is -0.595. The summed E-state index contributed by atoms with van der Waals surface area (Å²) in [5, 5.41) is 0. The van der Waals surface area contributed by atoms with Crippen molar-refractivity contribution >= 4 is 17.5 Å². The lowest BCUT2D eigenvalue weighted by Crippen LogP contribution is -2.38. The zero-order valence-electron chi connectivity index (χ0n) is 23.7. The summed E-state index contributed by atoms with van der Waals surface area (Å²) < 4.78 is 22.4. The number of nitrogens with zero attached hydrogens (tertiary/aromatic N) is 1. The predicted octanol–water partition coefficient (Wildman–Crippen LogP) is 6.04. The molecule has 7 nitrogen and oxygen atoms in total. The minimum atomic E-state index is -0.747. The molecule has 0 aromatic heterocycles. The Kier molecular flexibility index (Phi) is 8.95. The van der Waals surface area contributed by atoms with Gasteiger partial charge in [0.15, 0.2) is 17.3 Å². The molecule has 3 aromatic carbocycles. The van der Waals surface area contributed by atoms with Gasteiger partial charge in [-0.2, -0.15) is 0 Å². The molecule has 0 fully saturated rings. The van der Waals surface area contributed by atoms with Crippen LogP contribution in [0.25, 0.3) is 0 Å². The first-order valence-electron chi connectivity index (χ1n) is 13.9. The number of hydrogen-bond donors (Lipinski definition) is 0. The molecule has 1 aliphatic heterocycles. The first kappa shape index (κ1) is 28.3. The molecule has 0 spiro atoms. The zero-order chi connectivity index (χ0) is 28.8. The summed E-state index contributed by atoms with van der Waals surface area (Å²) in [6.45, 7) is 2.63. The maximum atomic E-state index is 13.9. The number of carbonyl (C=O) groups excluding carboxylic acids is 2. The average molecular weight is 554 g/mol. The maximum absolute atomic E-state index is 13.9. The first-order chi connectivity index (χ1) is 20.0. The van der Waals surface area contributed by atoms with Crippen LogP contribution in [0.1, 0.15) is 48.3 Å². The minimum absolute atomic E-state index is 0.000541. The van der Waals surface area contributed by atoms with E-state index in [2.05, 4.69) is 12.1 Å². The highest BCUT2D eigenvalue weighted by Gasteiger charge is 2.45. The van der Waals surface area contributed by atoms with Gasteiger partial charge in [0.05, 0.1) is 13.7 Å². The summed E-state index contributed by atoms with van der Waals surface area (Å²) in [4.78, 5) is 32.2. The number of rotatable bonds is 10. The number of esters is 1. The molecule has 3 atom stereocenters. The van der Waals surface area contributed by atoms with Crippen molar-refractivity contribution < 1.29 is 28.5 Å². The fourth-order valence-electron chi connectivity index (χ4n) is 5.73. The third-order valence-corrected chi connectivity index (χ3v) is 7.73. The minimum Gasteiger partial charge on any atom is -0.493 e. The Hall–Kier alpha value is -4.23. The number of ketones is 1. The van der Waals surface area contributed by atoms with Gasteiger partial charge in [0.1, 0.15) is 19.1 Å². The Labute approximate surface area is 240 Å². The molecule has 0 saturated heterocycles. The van der Waals surface area contributed by atoms with Crippen molar-refractivity contribution in [2.24, 2.45) is 10.9 Å². The zero-order valence-corrected chi connectivity index (χ0v) is 23.7. The number of allylic oxidation sites excluding steroid dienone is 2. The summed E-state index contributed by atoms with van der Waals surface area (Å²) >= 11 is 0. The number of benzene rings is 3. The van der Waals surface area contributed by atoms with E-state index in [1.807, 2.05) is 73.7 Å². The fourth-order valence-corrected chi connectivity index (χ4v) is 5.73. The Morgan fingerprint density at radius 2 is 1.61 bits per heavy atom. The van der Waals surface area contributed by atoms with Crippen LogP contribution in [-0.4, -0.2) is 44.9 Å². The lowest BCUT2D eigenvalue weighted by molar-refractivity contribution is -0.147. The third kappa shape index (κ3) is 6.25. The Morgan fingerprint density at radius 3 is 2.32 bits per heavy atom. The summed E-state index contributed by atoms with van der Waals surface area (Å²) in [7, 11) is 3.14. The van der Waals surface area contributed by atoms with E-state index < -0.39 is 17.8 Å². The Morgan fingerprint density at radius 1 is 0.878 bits per heavy atom. The molecule has 2 aliphatic rings. The Balaban J connectivity index is 1.51. The van der Waals surface area contributed by atoms with Gasteiger partial charge >= 0.3 is 5.97 Å². The molecule has 41 heavy (non-hydrogen) atoms. The van der Waals surface area contributed by atoms with E-state index in [1.54, 1.807) is 14.2 Å². The molecule has 0 bridgehead atoms. The topological polar surface area (TPSA) is 83.4 Å². The molecule has 1 heterocycles. The number of Topliss-reactive ketones (excluding diaryl/α,β-unsaturated/α-hetero) is 1. The van der Waals surface area contributed by atoms with E-state index >= 15 is 0 Å². The number of hydrogen-bond acceptors (Lipinski definition) is 7. The molecule has 0 amide bonds. The SMILES string of the molecule is COCCOC(=O)C1C(C)=NC2=C(C(=O)C[C@@H](c3ccccc3)C2)[C@H]1c1ccc(OCc2ccccc2)c(OC)c1. The average Bonchev–Trinajstić information content (AvgIpc) is 3.00. The van der Waals surface area contributed by atoms with E-state index in [0.29, 0.717) is 42.2 Å². The van der Waals surface area contributed by atoms with Crippen LogP contribution in [0.4, 0.5) is 0 Å². The second-order valence-electron chi connectivity index (χ2n) is 10.4. The molecule has 212 valence electrons. The molecule has 5 rings (SSSR count). The van der Waals surface area contributed by atoms with Crippen molar-refractivity contribution in [2.45, 2.75) is 38.2 Å². The quantitative estimate of drug-likeness (QED) is 0.225. The lowest BCUT2D eigenvalue weighted by atomic mass is 9.69. The Bertz CT molecular complexity index is 1450. The van der Waals surface area contributed by atoms with Gasteiger partial charge in [0, 0.05) is 36.4 Å². The van der Waals surface area contributed by atoms with E-state index in [1.165, 1.54) is 0 Å². The van der Waals surface area contributed by atoms with Gasteiger partial charge < -0.3 is 18.9 Å². The predicted molar refractivity (Wildman–Crippen MR) is 156 cm³/mol. The van der Waals surface area contributed by atoms with Gasteiger partial charge in [-0.3, -0.25) is 14.6 Å². The van der Waals surface area contributed by atoms with E-state index in [-0.39, 0.29) is 24.9 Å². The number of methoxy groups -OCH3 is 2. The monoisotopic (exact) mass is 553 g/mol. The van der Waals surface area contributed by atoms with Crippen LogP contribution in [-0.2, 0) is 25.7 Å². The van der Waals surface area contributed by atoms with Gasteiger partial charge in [0.25, 0.3) is 0 Å². The van der Waals surface area contributed by atoms with E-state index in [4.69, 9.17) is 23.9 Å². The van der Waals surface area contributed by atoms with Gasteiger partial charge in [-0.1, -0.05) is 66.7 Å². The van der Waals surface area contributed by atoms with Crippen LogP contribution in [0.5, 0.6) is 11.5 Å². The standard InChI is InChI=1S/C34H35NO6/c1-22-31(34(37)40-17-16-38-2)32(33-27(35-22)18-26(19-28(33)36)24-12-8-5-9-13-24)25-14-15-29(30(20-25)39-3)41-21-23-10-6-4-7-11-23/h4-15,20,26,31-32H,16-19,21H2,1-3H3/t26-,31?,32-/m0/s1. The molecule has 3 aromatic rings. The largest absolute Gasteiger partial charge is 0.493 e. The van der Waals surface area contributed by atoms with E-state index in [9.17, 15) is 9.59 Å². The molecule has 1 aliphatic carbocycles. The molecular formula is C34H35NO6. The van der Waals surface area contributed by atoms with Crippen LogP contribution in [0.3, 0.4) is 0 Å². The van der Waals surface area contributed by atoms with Gasteiger partial charge in [-0.15, -0.1) is 0 Å². The normalized spacial score (nSPS) is 20.2. The highest BCUT2D eigenvalue weighted by molar-refractivity contribution is 6.09. The summed E-state index contributed by atoms with van der Waals surface area (Å²) in [6, 6.07) is 25.5. The van der Waals surface area contributed by atoms with Crippen molar-refractivity contribution in [3.63, 3.8) is 0 Å². The molecule has 0 radical (unpaired) electrons. The van der Waals surface area contributed by atoms with Crippen LogP contribution < -0.4 is 9.47 Å². The van der Waals surface area contributed by atoms with Crippen molar-refractivity contribution in [3.05, 3.63) is 107 Å². The van der Waals surface area contributed by atoms with Crippen LogP contribution in [0, 0.1) is 5.92 Å². The molecular weight excluding hydrogens is 518 g/mol. The van der Waals surface area contributed by atoms with Crippen LogP contribution in [0.15, 0.2) is 95.1 Å². The summed E-state index contributed by atoms with van der Waals surface area (Å²) in [5.41, 5.74) is 4.86. The molecule has 7 heteroatoms. The van der Waals surface area contributed by atoms with Crippen molar-refractivity contribution in [1.29, 1.82) is 0 Å².